The average molecular weight is 300 g/mol. The van der Waals surface area contributed by atoms with Crippen LogP contribution in [0, 0.1) is 5.92 Å². The van der Waals surface area contributed by atoms with Crippen LogP contribution < -0.4 is 10.6 Å². The third-order valence-electron chi connectivity index (χ3n) is 3.90. The Labute approximate surface area is 129 Å². The molecule has 1 aromatic heterocycles. The van der Waals surface area contributed by atoms with Crippen molar-refractivity contribution in [2.45, 2.75) is 25.9 Å². The topological polar surface area (TPSA) is 84.7 Å². The number of hydrogen-bond acceptors (Lipinski definition) is 5. The fourth-order valence-corrected chi connectivity index (χ4v) is 2.62. The Hall–Kier alpha value is -2.28. The third-order valence-corrected chi connectivity index (χ3v) is 3.90. The molecule has 0 bridgehead atoms. The van der Waals surface area contributed by atoms with Crippen LogP contribution in [0.3, 0.4) is 0 Å². The van der Waals surface area contributed by atoms with Crippen molar-refractivity contribution in [3.8, 4) is 11.4 Å². The van der Waals surface area contributed by atoms with E-state index in [0.29, 0.717) is 11.7 Å². The van der Waals surface area contributed by atoms with Gasteiger partial charge >= 0.3 is 0 Å². The van der Waals surface area contributed by atoms with Crippen molar-refractivity contribution in [1.82, 2.24) is 30.8 Å². The van der Waals surface area contributed by atoms with E-state index < -0.39 is 0 Å². The lowest BCUT2D eigenvalue weighted by Gasteiger charge is -2.30. The summed E-state index contributed by atoms with van der Waals surface area (Å²) in [5.41, 5.74) is 0.890. The summed E-state index contributed by atoms with van der Waals surface area (Å²) in [6.07, 6.45) is 0.951. The molecule has 2 N–H and O–H groups in total. The highest BCUT2D eigenvalue weighted by Gasteiger charge is 2.22. The lowest BCUT2D eigenvalue weighted by molar-refractivity contribution is -0.123. The van der Waals surface area contributed by atoms with Crippen LogP contribution in [0.4, 0.5) is 0 Å². The molecule has 116 valence electrons. The van der Waals surface area contributed by atoms with Gasteiger partial charge in [-0.1, -0.05) is 37.3 Å². The largest absolute Gasteiger partial charge is 0.351 e. The predicted molar refractivity (Wildman–Crippen MR) is 81.8 cm³/mol. The Balaban J connectivity index is 1.59. The maximum Gasteiger partial charge on any atom is 0.243 e. The minimum absolute atomic E-state index is 0.0734. The van der Waals surface area contributed by atoms with Crippen molar-refractivity contribution in [3.63, 3.8) is 0 Å². The lowest BCUT2D eigenvalue weighted by Crippen LogP contribution is -2.49. The van der Waals surface area contributed by atoms with Crippen LogP contribution in [0.2, 0.25) is 0 Å². The number of benzene rings is 1. The summed E-state index contributed by atoms with van der Waals surface area (Å²) in [5, 5.41) is 18.6. The van der Waals surface area contributed by atoms with Gasteiger partial charge < -0.3 is 10.6 Å². The van der Waals surface area contributed by atoms with Crippen LogP contribution in [-0.2, 0) is 11.3 Å². The van der Waals surface area contributed by atoms with Gasteiger partial charge in [-0.05, 0) is 30.6 Å². The third kappa shape index (κ3) is 3.48. The maximum atomic E-state index is 12.1. The molecule has 0 aliphatic carbocycles. The molecule has 1 fully saturated rings. The summed E-state index contributed by atoms with van der Waals surface area (Å²) in [6, 6.07) is 9.81. The Morgan fingerprint density at radius 1 is 1.41 bits per heavy atom. The molecule has 1 aliphatic rings. The molecule has 7 heteroatoms. The van der Waals surface area contributed by atoms with E-state index in [2.05, 4.69) is 33.0 Å². The van der Waals surface area contributed by atoms with Gasteiger partial charge in [-0.3, -0.25) is 4.79 Å². The second-order valence-corrected chi connectivity index (χ2v) is 5.65. The molecule has 3 rings (SSSR count). The molecule has 1 amide bonds. The van der Waals surface area contributed by atoms with Crippen LogP contribution in [0.25, 0.3) is 11.4 Å². The molecule has 22 heavy (non-hydrogen) atoms. The van der Waals surface area contributed by atoms with Crippen LogP contribution in [0.15, 0.2) is 30.3 Å². The maximum absolute atomic E-state index is 12.1. The van der Waals surface area contributed by atoms with Crippen molar-refractivity contribution in [2.24, 2.45) is 5.92 Å². The number of hydrogen-bond donors (Lipinski definition) is 2. The van der Waals surface area contributed by atoms with E-state index >= 15 is 0 Å². The van der Waals surface area contributed by atoms with Crippen LogP contribution in [-0.4, -0.2) is 45.2 Å². The van der Waals surface area contributed by atoms with E-state index in [1.54, 1.807) is 0 Å². The summed E-state index contributed by atoms with van der Waals surface area (Å²) >= 11 is 0. The summed E-state index contributed by atoms with van der Waals surface area (Å²) in [6.45, 7) is 4.11. The molecule has 1 aliphatic heterocycles. The molecule has 0 spiro atoms. The fraction of sp³-hybridized carbons (Fsp3) is 0.467. The fourth-order valence-electron chi connectivity index (χ4n) is 2.62. The highest BCUT2D eigenvalue weighted by Crippen LogP contribution is 2.12. The van der Waals surface area contributed by atoms with E-state index in [9.17, 15) is 4.79 Å². The van der Waals surface area contributed by atoms with Gasteiger partial charge in [0.25, 0.3) is 0 Å². The van der Waals surface area contributed by atoms with E-state index in [0.717, 1.165) is 25.1 Å². The first kappa shape index (κ1) is 14.6. The van der Waals surface area contributed by atoms with Crippen molar-refractivity contribution in [1.29, 1.82) is 0 Å². The number of carbonyl (C=O) groups excluding carboxylic acids is 1. The van der Waals surface area contributed by atoms with Crippen molar-refractivity contribution in [2.75, 3.05) is 13.1 Å². The minimum Gasteiger partial charge on any atom is -0.351 e. The summed E-state index contributed by atoms with van der Waals surface area (Å²) in [7, 11) is 0. The van der Waals surface area contributed by atoms with Gasteiger partial charge in [0.05, 0.1) is 0 Å². The van der Waals surface area contributed by atoms with Gasteiger partial charge in [-0.2, -0.15) is 4.80 Å². The molecule has 7 nitrogen and oxygen atoms in total. The molecule has 2 atom stereocenters. The molecule has 0 saturated carbocycles. The number of tetrazole rings is 1. The molecule has 2 unspecified atom stereocenters. The SMILES string of the molecule is CC1CNCCC1NC(=O)Cn1nnc(-c2ccccc2)n1. The zero-order chi connectivity index (χ0) is 15.4. The molecule has 0 radical (unpaired) electrons. The first-order chi connectivity index (χ1) is 10.7. The number of nitrogens with one attached hydrogen (secondary N) is 2. The van der Waals surface area contributed by atoms with Crippen LogP contribution in [0.5, 0.6) is 0 Å². The van der Waals surface area contributed by atoms with E-state index in [-0.39, 0.29) is 18.5 Å². The Morgan fingerprint density at radius 2 is 2.23 bits per heavy atom. The van der Waals surface area contributed by atoms with Crippen molar-refractivity contribution in [3.05, 3.63) is 30.3 Å². The number of rotatable bonds is 4. The molecule has 1 saturated heterocycles. The Bertz CT molecular complexity index is 626. The van der Waals surface area contributed by atoms with Gasteiger partial charge in [0, 0.05) is 11.6 Å². The normalized spacial score (nSPS) is 21.5. The summed E-state index contributed by atoms with van der Waals surface area (Å²) in [4.78, 5) is 13.4. The first-order valence-corrected chi connectivity index (χ1v) is 7.55. The Morgan fingerprint density at radius 3 is 3.00 bits per heavy atom. The van der Waals surface area contributed by atoms with Gasteiger partial charge in [0.2, 0.25) is 11.7 Å². The molecule has 2 heterocycles. The number of piperidine rings is 1. The molecule has 1 aromatic carbocycles. The number of carbonyl (C=O) groups is 1. The standard InChI is InChI=1S/C15H20N6O/c1-11-9-16-8-7-13(11)17-14(22)10-21-19-15(18-20-21)12-5-3-2-4-6-12/h2-6,11,13,16H,7-10H2,1H3,(H,17,22). The summed E-state index contributed by atoms with van der Waals surface area (Å²) in [5.74, 6) is 0.890. The number of amides is 1. The monoisotopic (exact) mass is 300 g/mol. The lowest BCUT2D eigenvalue weighted by atomic mass is 9.95. The molecular weight excluding hydrogens is 280 g/mol. The van der Waals surface area contributed by atoms with E-state index in [1.807, 2.05) is 30.3 Å². The van der Waals surface area contributed by atoms with Gasteiger partial charge in [0.15, 0.2) is 0 Å². The van der Waals surface area contributed by atoms with Crippen LogP contribution in [0.1, 0.15) is 13.3 Å². The van der Waals surface area contributed by atoms with Gasteiger partial charge in [0.1, 0.15) is 6.54 Å². The van der Waals surface area contributed by atoms with Crippen molar-refractivity contribution >= 4 is 5.91 Å². The summed E-state index contributed by atoms with van der Waals surface area (Å²) < 4.78 is 0. The minimum atomic E-state index is -0.0734. The second kappa shape index (κ2) is 6.65. The van der Waals surface area contributed by atoms with Gasteiger partial charge in [-0.25, -0.2) is 0 Å². The van der Waals surface area contributed by atoms with Crippen molar-refractivity contribution < 1.29 is 4.79 Å². The predicted octanol–water partition coefficient (Wildman–Crippen LogP) is 0.454. The highest BCUT2D eigenvalue weighted by atomic mass is 16.2. The smallest absolute Gasteiger partial charge is 0.243 e. The van der Waals surface area contributed by atoms with Crippen LogP contribution >= 0.6 is 0 Å². The number of aromatic nitrogens is 4. The van der Waals surface area contributed by atoms with E-state index in [1.165, 1.54) is 4.80 Å². The Kier molecular flexibility index (Phi) is 4.43. The second-order valence-electron chi connectivity index (χ2n) is 5.65. The van der Waals surface area contributed by atoms with E-state index in [4.69, 9.17) is 0 Å². The number of nitrogens with zero attached hydrogens (tertiary/aromatic N) is 4. The molecular formula is C15H20N6O. The zero-order valence-electron chi connectivity index (χ0n) is 12.6. The highest BCUT2D eigenvalue weighted by molar-refractivity contribution is 5.75. The first-order valence-electron chi connectivity index (χ1n) is 7.55. The quantitative estimate of drug-likeness (QED) is 0.856. The zero-order valence-corrected chi connectivity index (χ0v) is 12.6. The molecule has 2 aromatic rings. The average Bonchev–Trinajstić information content (AvgIpc) is 2.99. The van der Waals surface area contributed by atoms with Gasteiger partial charge in [-0.15, -0.1) is 10.2 Å².